The summed E-state index contributed by atoms with van der Waals surface area (Å²) in [6.45, 7) is 19.4. The number of ether oxygens (including phenoxy) is 2. The van der Waals surface area contributed by atoms with Gasteiger partial charge >= 0.3 is 57.1 Å². The van der Waals surface area contributed by atoms with E-state index >= 15 is 0 Å². The number of methoxy groups -OCH3 is 1. The van der Waals surface area contributed by atoms with E-state index in [1.807, 2.05) is 0 Å². The van der Waals surface area contributed by atoms with Crippen LogP contribution in [0.2, 0.25) is 0 Å². The number of rotatable bonds is 4. The second-order valence-electron chi connectivity index (χ2n) is 1.73. The number of esters is 2. The summed E-state index contributed by atoms with van der Waals surface area (Å²) >= 11 is 0. The van der Waals surface area contributed by atoms with Crippen molar-refractivity contribution < 1.29 is 54.7 Å². The van der Waals surface area contributed by atoms with Crippen molar-refractivity contribution in [2.24, 2.45) is 0 Å². The maximum absolute atomic E-state index is 10.4. The van der Waals surface area contributed by atoms with Gasteiger partial charge in [0, 0.05) is 30.4 Å². The zero-order valence-corrected chi connectivity index (χ0v) is 11.6. The summed E-state index contributed by atoms with van der Waals surface area (Å²) in [5.41, 5.74) is 0. The fourth-order valence-electron chi connectivity index (χ4n) is 0.378. The van der Waals surface area contributed by atoms with Crippen molar-refractivity contribution in [1.29, 1.82) is 0 Å². The van der Waals surface area contributed by atoms with Crippen molar-refractivity contribution in [3.8, 4) is 0 Å². The molecule has 0 saturated heterocycles. The van der Waals surface area contributed by atoms with Gasteiger partial charge in [-0.3, -0.25) is 9.59 Å². The molecule has 0 rings (SSSR count). The van der Waals surface area contributed by atoms with Crippen LogP contribution in [-0.4, -0.2) is 25.7 Å². The molecule has 0 spiro atoms. The van der Waals surface area contributed by atoms with E-state index in [-0.39, 0.29) is 29.6 Å². The Morgan fingerprint density at radius 1 is 1.00 bits per heavy atom. The molecule has 0 aliphatic rings. The minimum Gasteiger partial charge on any atom is 0 e. The molecule has 0 aromatic rings. The van der Waals surface area contributed by atoms with Crippen molar-refractivity contribution >= 4 is 11.9 Å². The molecule has 0 amide bonds. The average Bonchev–Trinajstić information content (AvgIpc) is 2.51. The number of hydrogen-bond acceptors (Lipinski definition) is 4. The number of carbonyl (C=O) groups is 2. The van der Waals surface area contributed by atoms with Gasteiger partial charge in [0.05, 0.1) is 20.1 Å². The zero-order valence-electron chi connectivity index (χ0n) is 10.5. The Kier molecular flexibility index (Phi) is 95.9. The van der Waals surface area contributed by atoms with E-state index in [1.54, 1.807) is 0 Å². The first-order chi connectivity index (χ1) is 9.16. The molecular formula is C11H10FeO8. The van der Waals surface area contributed by atoms with Crippen LogP contribution in [0.1, 0.15) is 6.92 Å². The molecular weight excluding hydrogens is 316 g/mol. The molecule has 20 heavy (non-hydrogen) atoms. The third kappa shape index (κ3) is 70.9. The molecule has 0 fully saturated rings. The molecule has 0 heterocycles. The first-order valence-electron chi connectivity index (χ1n) is 3.86. The monoisotopic (exact) mass is 326 g/mol. The summed E-state index contributed by atoms with van der Waals surface area (Å²) in [6.07, 6.45) is 2.61. The molecule has 0 aromatic heterocycles. The summed E-state index contributed by atoms with van der Waals surface area (Å²) in [5.74, 6) is -0.836. The van der Waals surface area contributed by atoms with Crippen LogP contribution in [0.25, 0.3) is 0 Å². The summed E-state index contributed by atoms with van der Waals surface area (Å²) in [5, 5.41) is 0. The predicted molar refractivity (Wildman–Crippen MR) is 53.0 cm³/mol. The van der Waals surface area contributed by atoms with E-state index in [0.717, 1.165) is 0 Å². The Morgan fingerprint density at radius 3 is 1.60 bits per heavy atom. The minimum atomic E-state index is -0.461. The van der Waals surface area contributed by atoms with E-state index in [4.69, 9.17) is 18.6 Å². The van der Waals surface area contributed by atoms with Crippen LogP contribution in [0.15, 0.2) is 0 Å². The maximum atomic E-state index is 10.4. The third-order valence-electron chi connectivity index (χ3n) is 0.838. The molecule has 0 saturated carbocycles. The molecule has 9 heteroatoms. The van der Waals surface area contributed by atoms with Crippen LogP contribution in [-0.2, 0) is 54.7 Å². The Morgan fingerprint density at radius 2 is 1.35 bits per heavy atom. The molecule has 0 bridgehead atoms. The van der Waals surface area contributed by atoms with Crippen LogP contribution < -0.4 is 0 Å². The van der Waals surface area contributed by atoms with Gasteiger partial charge in [0.2, 0.25) is 0 Å². The first kappa shape index (κ1) is 36.2. The van der Waals surface area contributed by atoms with Crippen LogP contribution in [0.4, 0.5) is 0 Å². The fraction of sp³-hybridized carbons (Fsp3) is 0.273. The molecule has 0 aliphatic heterocycles. The Balaban J connectivity index is -0.0000000467. The van der Waals surface area contributed by atoms with Gasteiger partial charge < -0.3 is 9.47 Å². The first-order valence-corrected chi connectivity index (χ1v) is 3.86. The van der Waals surface area contributed by atoms with Gasteiger partial charge in [-0.15, -0.1) is 0 Å². The van der Waals surface area contributed by atoms with Crippen LogP contribution in [0.3, 0.4) is 0 Å². The van der Waals surface area contributed by atoms with Gasteiger partial charge in [0.25, 0.3) is 0 Å². The molecule has 0 aliphatic carbocycles. The molecule has 0 aromatic carbocycles. The van der Waals surface area contributed by atoms with Gasteiger partial charge in [-0.1, -0.05) is 0 Å². The zero-order chi connectivity index (χ0) is 16.7. The minimum absolute atomic E-state index is 0. The maximum Gasteiger partial charge on any atom is 0 e. The van der Waals surface area contributed by atoms with E-state index in [0.29, 0.717) is 0 Å². The molecule has 110 valence electrons. The van der Waals surface area contributed by atoms with E-state index in [9.17, 15) is 9.59 Å². The standard InChI is InChI=1S/C7H10O4.4CO.Fe/c1-6(8)11-5-3-4-7(9)10-2;4*1-2;/h3-4H,5H2,1-2H3;;;;;. The van der Waals surface area contributed by atoms with E-state index in [1.165, 1.54) is 26.9 Å². The summed E-state index contributed by atoms with van der Waals surface area (Å²) < 4.78 is 38.8. The number of hydrogen-bond donors (Lipinski definition) is 0. The second kappa shape index (κ2) is 52.9. The predicted octanol–water partition coefficient (Wildman–Crippen LogP) is -0.0215. The van der Waals surface area contributed by atoms with Gasteiger partial charge in [-0.2, -0.15) is 0 Å². The van der Waals surface area contributed by atoms with Crippen molar-refractivity contribution in [3.05, 3.63) is 39.4 Å². The topological polar surface area (TPSA) is 132 Å². The molecule has 8 nitrogen and oxygen atoms in total. The van der Waals surface area contributed by atoms with Crippen molar-refractivity contribution in [3.63, 3.8) is 0 Å². The average molecular weight is 326 g/mol. The summed E-state index contributed by atoms with van der Waals surface area (Å²) in [7, 11) is 1.28. The molecule has 2 radical (unpaired) electrons. The summed E-state index contributed by atoms with van der Waals surface area (Å²) in [6, 6.07) is 0. The quantitative estimate of drug-likeness (QED) is 0.236. The van der Waals surface area contributed by atoms with Crippen molar-refractivity contribution in [2.75, 3.05) is 13.7 Å². The van der Waals surface area contributed by atoms with Crippen molar-refractivity contribution in [2.45, 2.75) is 6.92 Å². The Labute approximate surface area is 127 Å². The Bertz CT molecular complexity index is 255. The largest absolute Gasteiger partial charge is 0 e. The molecule has 0 atom stereocenters. The van der Waals surface area contributed by atoms with Crippen LogP contribution >= 0.6 is 0 Å². The Hall–Kier alpha value is -1.58. The van der Waals surface area contributed by atoms with Gasteiger partial charge in [0.15, 0.2) is 0 Å². The summed E-state index contributed by atoms with van der Waals surface area (Å²) in [4.78, 5) is 20.6. The van der Waals surface area contributed by atoms with Crippen molar-refractivity contribution in [1.82, 2.24) is 0 Å². The number of carbonyl (C=O) groups excluding carboxylic acids is 2. The SMILES string of the molecule is COC(=O)[CH][CH]COC(C)=O.[C-]#[O+].[C-]#[O+].[C-]#[O+].[C-]#[O+].[Fe]. The molecule has 0 N–H and O–H groups in total. The van der Waals surface area contributed by atoms with Crippen LogP contribution in [0.5, 0.6) is 0 Å². The van der Waals surface area contributed by atoms with E-state index in [2.05, 4.69) is 36.1 Å². The van der Waals surface area contributed by atoms with Gasteiger partial charge in [0.1, 0.15) is 0 Å². The van der Waals surface area contributed by atoms with Gasteiger partial charge in [-0.05, 0) is 0 Å². The van der Waals surface area contributed by atoms with Gasteiger partial charge in [-0.25, -0.2) is 0 Å². The fourth-order valence-corrected chi connectivity index (χ4v) is 0.378. The van der Waals surface area contributed by atoms with Crippen LogP contribution in [0, 0.1) is 39.4 Å². The smallest absolute Gasteiger partial charge is 0 e. The second-order valence-corrected chi connectivity index (χ2v) is 1.73. The molecule has 0 unspecified atom stereocenters. The normalized spacial score (nSPS) is 5.30. The van der Waals surface area contributed by atoms with E-state index < -0.39 is 5.97 Å². The third-order valence-corrected chi connectivity index (χ3v) is 0.838.